The van der Waals surface area contributed by atoms with Crippen molar-refractivity contribution in [3.05, 3.63) is 76.5 Å². The first-order valence-corrected chi connectivity index (χ1v) is 13.4. The molecule has 0 radical (unpaired) electrons. The van der Waals surface area contributed by atoms with Crippen LogP contribution >= 0.6 is 0 Å². The average molecular weight is 553 g/mol. The number of fused-ring (bicyclic) bond motifs is 1. The molecule has 2 aliphatic rings. The van der Waals surface area contributed by atoms with E-state index in [-0.39, 0.29) is 11.4 Å². The number of nitrogens with zero attached hydrogens (tertiary/aromatic N) is 5. The fourth-order valence-electron chi connectivity index (χ4n) is 5.61. The highest BCUT2D eigenvalue weighted by molar-refractivity contribution is 6.62. The smallest absolute Gasteiger partial charge is 0.399 e. The van der Waals surface area contributed by atoms with Crippen LogP contribution in [0.25, 0.3) is 11.2 Å². The van der Waals surface area contributed by atoms with Crippen LogP contribution in [0.15, 0.2) is 53.8 Å². The second kappa shape index (κ2) is 9.07. The summed E-state index contributed by atoms with van der Waals surface area (Å²) in [7, 11) is 1.16. The van der Waals surface area contributed by atoms with E-state index in [1.165, 1.54) is 23.0 Å². The van der Waals surface area contributed by atoms with Crippen molar-refractivity contribution in [3.63, 3.8) is 0 Å². The van der Waals surface area contributed by atoms with Crippen molar-refractivity contribution in [2.75, 3.05) is 0 Å². The molecule has 12 heteroatoms. The Labute approximate surface area is 229 Å². The topological polar surface area (TPSA) is 75.6 Å². The molecule has 1 saturated heterocycles. The van der Waals surface area contributed by atoms with Gasteiger partial charge in [-0.2, -0.15) is 13.2 Å². The molecular weight excluding hydrogens is 522 g/mol. The first-order chi connectivity index (χ1) is 18.8. The van der Waals surface area contributed by atoms with Crippen LogP contribution in [0.2, 0.25) is 0 Å². The van der Waals surface area contributed by atoms with E-state index in [2.05, 4.69) is 10.2 Å². The van der Waals surface area contributed by atoms with Gasteiger partial charge in [-0.1, -0.05) is 12.5 Å². The van der Waals surface area contributed by atoms with Gasteiger partial charge < -0.3 is 13.9 Å². The first kappa shape index (κ1) is 26.8. The number of halogens is 3. The average Bonchev–Trinajstić information content (AvgIpc) is 3.48. The molecule has 1 saturated carbocycles. The largest absolute Gasteiger partial charge is 0.494 e. The minimum absolute atomic E-state index is 0.124. The lowest BCUT2D eigenvalue weighted by atomic mass is 9.70. The lowest BCUT2D eigenvalue weighted by Gasteiger charge is -2.34. The molecule has 0 N–H and O–H groups in total. The zero-order chi connectivity index (χ0) is 28.6. The summed E-state index contributed by atoms with van der Waals surface area (Å²) in [5.41, 5.74) is -0.919. The van der Waals surface area contributed by atoms with Gasteiger partial charge in [0, 0.05) is 25.4 Å². The van der Waals surface area contributed by atoms with Crippen LogP contribution in [0.1, 0.15) is 69.8 Å². The summed E-state index contributed by atoms with van der Waals surface area (Å²) < 4.78 is 58.3. The standard InChI is InChI=1S/C28H31BF3N5O3/c1-26(2)27(3,4)40-29(39-26)19-12-18(23(17-8-6-9-17)24-34-33-16-35(24)5)13-20(14-19)37-15-22-21(28(30,31)32)10-7-11-36(22)25(37)38/h7,10-17,23H,6,8-9H2,1-5H3. The van der Waals surface area contributed by atoms with Gasteiger partial charge in [0.2, 0.25) is 0 Å². The zero-order valence-corrected chi connectivity index (χ0v) is 23.1. The summed E-state index contributed by atoms with van der Waals surface area (Å²) in [6.07, 6.45) is 2.77. The van der Waals surface area contributed by atoms with Crippen LogP contribution in [0.3, 0.4) is 0 Å². The van der Waals surface area contributed by atoms with Gasteiger partial charge in [-0.05, 0) is 81.7 Å². The van der Waals surface area contributed by atoms with Crippen LogP contribution in [0, 0.1) is 5.92 Å². The Morgan fingerprint density at radius 3 is 2.38 bits per heavy atom. The first-order valence-electron chi connectivity index (χ1n) is 13.4. The second-order valence-electron chi connectivity index (χ2n) is 11.9. The molecule has 1 aliphatic heterocycles. The Bertz CT molecular complexity index is 1630. The number of aromatic nitrogens is 5. The third kappa shape index (κ3) is 4.28. The summed E-state index contributed by atoms with van der Waals surface area (Å²) >= 11 is 0. The SMILES string of the molecule is Cn1cnnc1C(c1cc(B2OC(C)(C)C(C)(C)O2)cc(-n2cc3c(C(F)(F)F)cccn3c2=O)c1)C1CCC1. The van der Waals surface area contributed by atoms with Crippen molar-refractivity contribution in [1.82, 2.24) is 23.7 Å². The van der Waals surface area contributed by atoms with E-state index < -0.39 is 35.7 Å². The Morgan fingerprint density at radius 2 is 1.80 bits per heavy atom. The van der Waals surface area contributed by atoms with E-state index in [0.717, 1.165) is 41.1 Å². The number of rotatable bonds is 5. The van der Waals surface area contributed by atoms with Gasteiger partial charge >= 0.3 is 19.0 Å². The van der Waals surface area contributed by atoms with E-state index in [4.69, 9.17) is 9.31 Å². The predicted molar refractivity (Wildman–Crippen MR) is 144 cm³/mol. The van der Waals surface area contributed by atoms with Gasteiger partial charge in [0.15, 0.2) is 0 Å². The fourth-order valence-corrected chi connectivity index (χ4v) is 5.61. The second-order valence-corrected chi connectivity index (χ2v) is 11.9. The van der Waals surface area contributed by atoms with E-state index >= 15 is 0 Å². The van der Waals surface area contributed by atoms with E-state index in [9.17, 15) is 18.0 Å². The highest BCUT2D eigenvalue weighted by Crippen LogP contribution is 2.43. The lowest BCUT2D eigenvalue weighted by Crippen LogP contribution is -2.41. The number of pyridine rings is 1. The maximum absolute atomic E-state index is 13.8. The molecule has 0 amide bonds. The summed E-state index contributed by atoms with van der Waals surface area (Å²) in [5.74, 6) is 0.974. The molecule has 4 aromatic rings. The molecule has 6 rings (SSSR count). The van der Waals surface area contributed by atoms with Gasteiger partial charge in [0.25, 0.3) is 0 Å². The highest BCUT2D eigenvalue weighted by Gasteiger charge is 2.52. The van der Waals surface area contributed by atoms with E-state index in [0.29, 0.717) is 17.1 Å². The third-order valence-corrected chi connectivity index (χ3v) is 8.77. The molecule has 1 aliphatic carbocycles. The Kier molecular flexibility index (Phi) is 6.08. The number of hydrogen-bond donors (Lipinski definition) is 0. The third-order valence-electron chi connectivity index (χ3n) is 8.77. The number of hydrogen-bond acceptors (Lipinski definition) is 5. The molecule has 40 heavy (non-hydrogen) atoms. The van der Waals surface area contributed by atoms with Crippen molar-refractivity contribution in [2.45, 2.75) is 70.3 Å². The molecule has 3 aromatic heterocycles. The summed E-state index contributed by atoms with van der Waals surface area (Å²) in [6, 6.07) is 7.83. The van der Waals surface area contributed by atoms with Crippen molar-refractivity contribution in [1.29, 1.82) is 0 Å². The fraction of sp³-hybridized carbons (Fsp3) is 0.464. The van der Waals surface area contributed by atoms with Crippen molar-refractivity contribution in [2.24, 2.45) is 13.0 Å². The van der Waals surface area contributed by atoms with Crippen LogP contribution in [-0.2, 0) is 22.5 Å². The molecule has 1 atom stereocenters. The van der Waals surface area contributed by atoms with Crippen molar-refractivity contribution in [3.8, 4) is 5.69 Å². The van der Waals surface area contributed by atoms with Gasteiger partial charge in [0.05, 0.1) is 28.0 Å². The Hall–Kier alpha value is -3.38. The Morgan fingerprint density at radius 1 is 1.10 bits per heavy atom. The zero-order valence-electron chi connectivity index (χ0n) is 23.1. The molecule has 210 valence electrons. The normalized spacial score (nSPS) is 19.8. The van der Waals surface area contributed by atoms with Gasteiger partial charge in [-0.15, -0.1) is 10.2 Å². The molecule has 8 nitrogen and oxygen atoms in total. The number of aryl methyl sites for hydroxylation is 1. The minimum Gasteiger partial charge on any atom is -0.399 e. The summed E-state index contributed by atoms with van der Waals surface area (Å²) in [5, 5.41) is 8.52. The van der Waals surface area contributed by atoms with E-state index in [1.807, 2.05) is 51.4 Å². The van der Waals surface area contributed by atoms with Crippen molar-refractivity contribution >= 4 is 18.1 Å². The monoisotopic (exact) mass is 553 g/mol. The molecule has 0 bridgehead atoms. The molecule has 4 heterocycles. The van der Waals surface area contributed by atoms with Crippen LogP contribution < -0.4 is 11.2 Å². The molecule has 1 unspecified atom stereocenters. The quantitative estimate of drug-likeness (QED) is 0.341. The van der Waals surface area contributed by atoms with E-state index in [1.54, 1.807) is 12.4 Å². The molecule has 0 spiro atoms. The minimum atomic E-state index is -4.61. The van der Waals surface area contributed by atoms with Gasteiger partial charge in [0.1, 0.15) is 12.2 Å². The molecular formula is C28H31BF3N5O3. The number of benzene rings is 1. The Balaban J connectivity index is 1.57. The maximum Gasteiger partial charge on any atom is 0.494 e. The predicted octanol–water partition coefficient (Wildman–Crippen LogP) is 4.47. The van der Waals surface area contributed by atoms with Crippen LogP contribution in [-0.4, -0.2) is 42.1 Å². The molecule has 1 aromatic carbocycles. The lowest BCUT2D eigenvalue weighted by molar-refractivity contribution is -0.136. The summed E-state index contributed by atoms with van der Waals surface area (Å²) in [6.45, 7) is 7.83. The number of imidazole rings is 1. The summed E-state index contributed by atoms with van der Waals surface area (Å²) in [4.78, 5) is 13.5. The van der Waals surface area contributed by atoms with Gasteiger partial charge in [-0.3, -0.25) is 8.97 Å². The number of alkyl halides is 3. The highest BCUT2D eigenvalue weighted by atomic mass is 19.4. The van der Waals surface area contributed by atoms with Gasteiger partial charge in [-0.25, -0.2) is 4.79 Å². The van der Waals surface area contributed by atoms with Crippen LogP contribution in [0.5, 0.6) is 0 Å². The maximum atomic E-state index is 13.8. The molecule has 2 fully saturated rings. The van der Waals surface area contributed by atoms with Crippen molar-refractivity contribution < 1.29 is 22.5 Å². The van der Waals surface area contributed by atoms with Crippen LogP contribution in [0.4, 0.5) is 13.2 Å².